The van der Waals surface area contributed by atoms with Crippen LogP contribution >= 0.6 is 0 Å². The number of urea groups is 1. The molecule has 0 radical (unpaired) electrons. The number of likely N-dealkylation sites (tertiary alicyclic amines) is 1. The summed E-state index contributed by atoms with van der Waals surface area (Å²) in [5.74, 6) is -0.722. The van der Waals surface area contributed by atoms with E-state index in [9.17, 15) is 14.7 Å². The average molecular weight is 527 g/mol. The van der Waals surface area contributed by atoms with E-state index in [1.54, 1.807) is 4.90 Å². The van der Waals surface area contributed by atoms with E-state index in [2.05, 4.69) is 34.5 Å². The third-order valence-corrected chi connectivity index (χ3v) is 8.44. The Morgan fingerprint density at radius 3 is 2.03 bits per heavy atom. The first-order valence-corrected chi connectivity index (χ1v) is 13.9. The van der Waals surface area contributed by atoms with Gasteiger partial charge < -0.3 is 26.0 Å². The standard InChI is InChI=1S/C32H38N4O3/c33-32(39)35-19-17-30(27(21-35)24-12-6-2-7-13-24)36(31(38)28(22-37)25-14-8-3-9-15-25)29-16-18-34-20-26(29)23-10-4-1-5-11-23/h1-15,26-30,34,37H,16-22H2,(H2,33,39). The van der Waals surface area contributed by atoms with Crippen LogP contribution < -0.4 is 11.1 Å². The van der Waals surface area contributed by atoms with Crippen LogP contribution in [0.25, 0.3) is 0 Å². The highest BCUT2D eigenvalue weighted by Crippen LogP contribution is 2.39. The number of aliphatic hydroxyl groups excluding tert-OH is 1. The first-order chi connectivity index (χ1) is 19.1. The van der Waals surface area contributed by atoms with E-state index in [0.29, 0.717) is 19.5 Å². The summed E-state index contributed by atoms with van der Waals surface area (Å²) in [6, 6.07) is 29.4. The van der Waals surface area contributed by atoms with Gasteiger partial charge in [0.15, 0.2) is 0 Å². The lowest BCUT2D eigenvalue weighted by Crippen LogP contribution is -2.60. The molecule has 204 valence electrons. The molecule has 2 fully saturated rings. The first-order valence-electron chi connectivity index (χ1n) is 13.9. The zero-order valence-electron chi connectivity index (χ0n) is 22.2. The lowest BCUT2D eigenvalue weighted by molar-refractivity contribution is -0.142. The van der Waals surface area contributed by atoms with Gasteiger partial charge in [-0.2, -0.15) is 0 Å². The Balaban J connectivity index is 1.60. The van der Waals surface area contributed by atoms with E-state index in [4.69, 9.17) is 5.73 Å². The second-order valence-corrected chi connectivity index (χ2v) is 10.6. The van der Waals surface area contributed by atoms with E-state index in [1.165, 1.54) is 5.56 Å². The molecule has 0 spiro atoms. The first kappa shape index (κ1) is 26.9. The van der Waals surface area contributed by atoms with Crippen molar-refractivity contribution in [2.24, 2.45) is 5.73 Å². The van der Waals surface area contributed by atoms with E-state index in [1.807, 2.05) is 66.7 Å². The topological polar surface area (TPSA) is 98.9 Å². The van der Waals surface area contributed by atoms with Crippen LogP contribution in [0.1, 0.15) is 47.3 Å². The van der Waals surface area contributed by atoms with Gasteiger partial charge in [0, 0.05) is 43.6 Å². The Morgan fingerprint density at radius 2 is 1.44 bits per heavy atom. The molecule has 5 unspecified atom stereocenters. The van der Waals surface area contributed by atoms with Crippen molar-refractivity contribution < 1.29 is 14.7 Å². The summed E-state index contributed by atoms with van der Waals surface area (Å²) < 4.78 is 0. The van der Waals surface area contributed by atoms with Crippen LogP contribution in [0.3, 0.4) is 0 Å². The van der Waals surface area contributed by atoms with Crippen LogP contribution in [0, 0.1) is 0 Å². The molecule has 4 N–H and O–H groups in total. The molecule has 3 aromatic rings. The average Bonchev–Trinajstić information content (AvgIpc) is 2.99. The van der Waals surface area contributed by atoms with Crippen molar-refractivity contribution in [3.63, 3.8) is 0 Å². The number of carbonyl (C=O) groups excluding carboxylic acids is 2. The fourth-order valence-corrected chi connectivity index (χ4v) is 6.48. The summed E-state index contributed by atoms with van der Waals surface area (Å²) >= 11 is 0. The van der Waals surface area contributed by atoms with Gasteiger partial charge in [0.2, 0.25) is 5.91 Å². The number of benzene rings is 3. The van der Waals surface area contributed by atoms with Crippen molar-refractivity contribution in [1.82, 2.24) is 15.1 Å². The lowest BCUT2D eigenvalue weighted by atomic mass is 9.79. The van der Waals surface area contributed by atoms with Gasteiger partial charge >= 0.3 is 6.03 Å². The van der Waals surface area contributed by atoms with E-state index < -0.39 is 11.9 Å². The highest BCUT2D eigenvalue weighted by atomic mass is 16.3. The number of amides is 3. The Bertz CT molecular complexity index is 1220. The maximum Gasteiger partial charge on any atom is 0.314 e. The molecule has 3 amide bonds. The van der Waals surface area contributed by atoms with Gasteiger partial charge in [0.1, 0.15) is 0 Å². The summed E-state index contributed by atoms with van der Waals surface area (Å²) in [5.41, 5.74) is 8.83. The Labute approximate surface area is 230 Å². The van der Waals surface area contributed by atoms with E-state index in [-0.39, 0.29) is 36.4 Å². The number of rotatable bonds is 7. The molecule has 7 heteroatoms. The molecule has 5 atom stereocenters. The van der Waals surface area contributed by atoms with Gasteiger partial charge in [0.05, 0.1) is 12.5 Å². The fraction of sp³-hybridized carbons (Fsp3) is 0.375. The summed E-state index contributed by atoms with van der Waals surface area (Å²) in [4.78, 5) is 30.7. The molecular weight excluding hydrogens is 488 g/mol. The van der Waals surface area contributed by atoms with Crippen molar-refractivity contribution in [2.75, 3.05) is 32.8 Å². The number of piperidine rings is 2. The zero-order chi connectivity index (χ0) is 27.2. The predicted octanol–water partition coefficient (Wildman–Crippen LogP) is 3.67. The largest absolute Gasteiger partial charge is 0.395 e. The minimum absolute atomic E-state index is 0.0600. The normalized spacial score (nSPS) is 24.1. The van der Waals surface area contributed by atoms with Crippen LogP contribution in [0.2, 0.25) is 0 Å². The molecule has 2 heterocycles. The molecular formula is C32H38N4O3. The third kappa shape index (κ3) is 5.84. The molecule has 5 rings (SSSR count). The highest BCUT2D eigenvalue weighted by molar-refractivity contribution is 5.85. The van der Waals surface area contributed by atoms with Crippen LogP contribution in [0.4, 0.5) is 4.79 Å². The van der Waals surface area contributed by atoms with Crippen LogP contribution in [0.15, 0.2) is 91.0 Å². The molecule has 2 aliphatic rings. The number of hydrogen-bond donors (Lipinski definition) is 3. The smallest absolute Gasteiger partial charge is 0.314 e. The van der Waals surface area contributed by atoms with Crippen molar-refractivity contribution in [3.05, 3.63) is 108 Å². The van der Waals surface area contributed by atoms with Crippen molar-refractivity contribution in [2.45, 2.75) is 42.7 Å². The van der Waals surface area contributed by atoms with Gasteiger partial charge in [-0.25, -0.2) is 4.79 Å². The summed E-state index contributed by atoms with van der Waals surface area (Å²) in [5, 5.41) is 14.1. The number of nitrogens with zero attached hydrogens (tertiary/aromatic N) is 2. The molecule has 0 saturated carbocycles. The molecule has 0 aromatic heterocycles. The number of primary amides is 1. The van der Waals surface area contributed by atoms with Gasteiger partial charge in [-0.3, -0.25) is 4.79 Å². The second-order valence-electron chi connectivity index (χ2n) is 10.6. The summed E-state index contributed by atoms with van der Waals surface area (Å²) in [6.07, 6.45) is 1.42. The van der Waals surface area contributed by atoms with Crippen molar-refractivity contribution in [1.29, 1.82) is 0 Å². The minimum Gasteiger partial charge on any atom is -0.395 e. The maximum absolute atomic E-state index is 14.7. The third-order valence-electron chi connectivity index (χ3n) is 8.44. The zero-order valence-corrected chi connectivity index (χ0v) is 22.2. The fourth-order valence-electron chi connectivity index (χ4n) is 6.48. The molecule has 3 aromatic carbocycles. The number of nitrogens with two attached hydrogens (primary N) is 1. The SMILES string of the molecule is NC(=O)N1CCC(N(C(=O)C(CO)c2ccccc2)C2CCNCC2c2ccccc2)C(c2ccccc2)C1. The Morgan fingerprint density at radius 1 is 0.872 bits per heavy atom. The van der Waals surface area contributed by atoms with Gasteiger partial charge in [-0.05, 0) is 36.1 Å². The molecule has 2 aliphatic heterocycles. The quantitative estimate of drug-likeness (QED) is 0.438. The highest BCUT2D eigenvalue weighted by Gasteiger charge is 2.45. The second kappa shape index (κ2) is 12.5. The number of aliphatic hydroxyl groups is 1. The summed E-state index contributed by atoms with van der Waals surface area (Å²) in [7, 11) is 0. The van der Waals surface area contributed by atoms with Gasteiger partial charge in [-0.1, -0.05) is 91.0 Å². The molecule has 0 aliphatic carbocycles. The molecule has 7 nitrogen and oxygen atoms in total. The van der Waals surface area contributed by atoms with Crippen LogP contribution in [0.5, 0.6) is 0 Å². The Kier molecular flexibility index (Phi) is 8.59. The van der Waals surface area contributed by atoms with Crippen molar-refractivity contribution >= 4 is 11.9 Å². The van der Waals surface area contributed by atoms with Crippen LogP contribution in [-0.2, 0) is 4.79 Å². The van der Waals surface area contributed by atoms with E-state index in [0.717, 1.165) is 30.6 Å². The lowest BCUT2D eigenvalue weighted by Gasteiger charge is -2.50. The number of nitrogens with one attached hydrogen (secondary N) is 1. The van der Waals surface area contributed by atoms with Crippen molar-refractivity contribution in [3.8, 4) is 0 Å². The van der Waals surface area contributed by atoms with Gasteiger partial charge in [-0.15, -0.1) is 0 Å². The monoisotopic (exact) mass is 526 g/mol. The number of carbonyl (C=O) groups is 2. The molecule has 0 bridgehead atoms. The summed E-state index contributed by atoms with van der Waals surface area (Å²) in [6.45, 7) is 2.25. The predicted molar refractivity (Wildman–Crippen MR) is 152 cm³/mol. The molecule has 39 heavy (non-hydrogen) atoms. The van der Waals surface area contributed by atoms with Gasteiger partial charge in [0.25, 0.3) is 0 Å². The minimum atomic E-state index is -0.664. The maximum atomic E-state index is 14.7. The number of hydrogen-bond acceptors (Lipinski definition) is 4. The molecule has 2 saturated heterocycles. The Hall–Kier alpha value is -3.68. The van der Waals surface area contributed by atoms with Crippen LogP contribution in [-0.4, -0.2) is 71.7 Å². The van der Waals surface area contributed by atoms with E-state index >= 15 is 0 Å².